The molecule has 0 aliphatic carbocycles. The molecule has 0 unspecified atom stereocenters. The van der Waals surface area contributed by atoms with E-state index in [0.717, 1.165) is 11.5 Å². The maximum Gasteiger partial charge on any atom is 0.325 e. The molecule has 1 aliphatic rings. The Kier molecular flexibility index (Phi) is 4.83. The zero-order valence-corrected chi connectivity index (χ0v) is 13.4. The van der Waals surface area contributed by atoms with Crippen LogP contribution in [0, 0.1) is 12.3 Å². The minimum Gasteiger partial charge on any atom is -0.378 e. The Morgan fingerprint density at radius 1 is 1.33 bits per heavy atom. The van der Waals surface area contributed by atoms with Gasteiger partial charge in [-0.15, -0.1) is 0 Å². The van der Waals surface area contributed by atoms with Crippen molar-refractivity contribution in [2.75, 3.05) is 37.7 Å². The number of aromatic nitrogens is 1. The van der Waals surface area contributed by atoms with Gasteiger partial charge in [0.25, 0.3) is 0 Å². The van der Waals surface area contributed by atoms with Gasteiger partial charge in [-0.3, -0.25) is 4.90 Å². The van der Waals surface area contributed by atoms with Crippen LogP contribution in [0.4, 0.5) is 10.6 Å². The molecule has 21 heavy (non-hydrogen) atoms. The zero-order chi connectivity index (χ0) is 15.5. The van der Waals surface area contributed by atoms with E-state index in [0.29, 0.717) is 32.8 Å². The minimum absolute atomic E-state index is 0.00731. The number of amides is 2. The van der Waals surface area contributed by atoms with Gasteiger partial charge in [-0.05, 0) is 24.5 Å². The van der Waals surface area contributed by atoms with Crippen LogP contribution in [-0.4, -0.2) is 48.8 Å². The van der Waals surface area contributed by atoms with Crippen LogP contribution >= 0.6 is 0 Å². The number of morpholine rings is 1. The Hall–Kier alpha value is -1.62. The van der Waals surface area contributed by atoms with Crippen molar-refractivity contribution in [1.82, 2.24) is 9.88 Å². The van der Waals surface area contributed by atoms with E-state index in [2.05, 4.69) is 25.8 Å². The van der Waals surface area contributed by atoms with Gasteiger partial charge in [-0.1, -0.05) is 26.8 Å². The number of ether oxygens (including phenoxy) is 1. The third-order valence-electron chi connectivity index (χ3n) is 3.30. The Labute approximate surface area is 126 Å². The largest absolute Gasteiger partial charge is 0.378 e. The summed E-state index contributed by atoms with van der Waals surface area (Å²) in [4.78, 5) is 21.0. The van der Waals surface area contributed by atoms with Gasteiger partial charge in [0.2, 0.25) is 0 Å². The quantitative estimate of drug-likeness (QED) is 0.841. The molecule has 2 heterocycles. The van der Waals surface area contributed by atoms with Gasteiger partial charge in [0.1, 0.15) is 5.82 Å². The number of carbonyl (C=O) groups excluding carboxylic acids is 1. The van der Waals surface area contributed by atoms with Gasteiger partial charge in [-0.2, -0.15) is 0 Å². The molecule has 0 bridgehead atoms. The lowest BCUT2D eigenvalue weighted by atomic mass is 9.96. The third-order valence-corrected chi connectivity index (χ3v) is 3.30. The number of nitrogens with zero attached hydrogens (tertiary/aromatic N) is 3. The smallest absolute Gasteiger partial charge is 0.325 e. The molecule has 2 rings (SSSR count). The summed E-state index contributed by atoms with van der Waals surface area (Å²) in [5, 5.41) is 0. The van der Waals surface area contributed by atoms with Gasteiger partial charge in [0, 0.05) is 25.3 Å². The number of aryl methyl sites for hydroxylation is 1. The van der Waals surface area contributed by atoms with Crippen molar-refractivity contribution in [3.8, 4) is 0 Å². The highest BCUT2D eigenvalue weighted by Crippen LogP contribution is 2.22. The third kappa shape index (κ3) is 4.43. The van der Waals surface area contributed by atoms with Crippen LogP contribution in [0.2, 0.25) is 0 Å². The highest BCUT2D eigenvalue weighted by molar-refractivity contribution is 5.91. The molecule has 1 aliphatic heterocycles. The molecular weight excluding hydrogens is 266 g/mol. The second kappa shape index (κ2) is 6.43. The van der Waals surface area contributed by atoms with Crippen molar-refractivity contribution >= 4 is 11.8 Å². The van der Waals surface area contributed by atoms with Crippen LogP contribution in [0.5, 0.6) is 0 Å². The summed E-state index contributed by atoms with van der Waals surface area (Å²) in [5.41, 5.74) is 0.925. The van der Waals surface area contributed by atoms with Crippen LogP contribution in [0.1, 0.15) is 26.5 Å². The standard InChI is InChI=1S/C16H25N3O2/c1-13-6-5-7-14(17-13)19(12-16(2,3)4)15(20)18-8-10-21-11-9-18/h5-7H,8-12H2,1-4H3. The lowest BCUT2D eigenvalue weighted by Crippen LogP contribution is -2.50. The molecular formula is C16H25N3O2. The average Bonchev–Trinajstić information content (AvgIpc) is 2.44. The molecule has 0 N–H and O–H groups in total. The van der Waals surface area contributed by atoms with Gasteiger partial charge >= 0.3 is 6.03 Å². The van der Waals surface area contributed by atoms with E-state index in [-0.39, 0.29) is 11.4 Å². The second-order valence-electron chi connectivity index (χ2n) is 6.67. The summed E-state index contributed by atoms with van der Waals surface area (Å²) < 4.78 is 5.33. The molecule has 0 atom stereocenters. The summed E-state index contributed by atoms with van der Waals surface area (Å²) in [6, 6.07) is 5.81. The van der Waals surface area contributed by atoms with Crippen molar-refractivity contribution in [2.45, 2.75) is 27.7 Å². The first-order chi connectivity index (χ1) is 9.87. The molecule has 2 amide bonds. The second-order valence-corrected chi connectivity index (χ2v) is 6.67. The predicted octanol–water partition coefficient (Wildman–Crippen LogP) is 2.69. The number of urea groups is 1. The summed E-state index contributed by atoms with van der Waals surface area (Å²) in [6.45, 7) is 11.5. The zero-order valence-electron chi connectivity index (χ0n) is 13.4. The molecule has 0 radical (unpaired) electrons. The maximum absolute atomic E-state index is 12.8. The molecule has 0 spiro atoms. The fourth-order valence-electron chi connectivity index (χ4n) is 2.33. The van der Waals surface area contributed by atoms with Crippen molar-refractivity contribution < 1.29 is 9.53 Å². The van der Waals surface area contributed by atoms with Gasteiger partial charge in [0.15, 0.2) is 0 Å². The van der Waals surface area contributed by atoms with Crippen molar-refractivity contribution in [3.05, 3.63) is 23.9 Å². The van der Waals surface area contributed by atoms with E-state index in [4.69, 9.17) is 4.74 Å². The van der Waals surface area contributed by atoms with E-state index in [1.54, 1.807) is 4.90 Å². The van der Waals surface area contributed by atoms with Gasteiger partial charge < -0.3 is 9.64 Å². The normalized spacial score (nSPS) is 15.9. The number of rotatable bonds is 2. The van der Waals surface area contributed by atoms with Crippen LogP contribution in [0.25, 0.3) is 0 Å². The first-order valence-electron chi connectivity index (χ1n) is 7.45. The maximum atomic E-state index is 12.8. The predicted molar refractivity (Wildman–Crippen MR) is 83.6 cm³/mol. The van der Waals surface area contributed by atoms with E-state index in [1.807, 2.05) is 30.0 Å². The highest BCUT2D eigenvalue weighted by atomic mass is 16.5. The SMILES string of the molecule is Cc1cccc(N(CC(C)(C)C)C(=O)N2CCOCC2)n1. The molecule has 5 heteroatoms. The van der Waals surface area contributed by atoms with Crippen molar-refractivity contribution in [1.29, 1.82) is 0 Å². The Balaban J connectivity index is 2.24. The number of pyridine rings is 1. The Morgan fingerprint density at radius 2 is 2.00 bits per heavy atom. The van der Waals surface area contributed by atoms with E-state index in [1.165, 1.54) is 0 Å². The topological polar surface area (TPSA) is 45.7 Å². The monoisotopic (exact) mass is 291 g/mol. The summed E-state index contributed by atoms with van der Waals surface area (Å²) in [6.07, 6.45) is 0. The van der Waals surface area contributed by atoms with Crippen LogP contribution < -0.4 is 4.90 Å². The number of hydrogen-bond acceptors (Lipinski definition) is 3. The number of hydrogen-bond donors (Lipinski definition) is 0. The molecule has 5 nitrogen and oxygen atoms in total. The van der Waals surface area contributed by atoms with Crippen LogP contribution in [0.3, 0.4) is 0 Å². The molecule has 0 aromatic carbocycles. The summed E-state index contributed by atoms with van der Waals surface area (Å²) >= 11 is 0. The molecule has 1 saturated heterocycles. The van der Waals surface area contributed by atoms with Crippen molar-refractivity contribution in [3.63, 3.8) is 0 Å². The molecule has 0 saturated carbocycles. The van der Waals surface area contributed by atoms with Crippen LogP contribution in [-0.2, 0) is 4.74 Å². The lowest BCUT2D eigenvalue weighted by Gasteiger charge is -2.35. The van der Waals surface area contributed by atoms with Crippen LogP contribution in [0.15, 0.2) is 18.2 Å². The molecule has 116 valence electrons. The number of anilines is 1. The number of carbonyl (C=O) groups is 1. The van der Waals surface area contributed by atoms with E-state index >= 15 is 0 Å². The van der Waals surface area contributed by atoms with Gasteiger partial charge in [-0.25, -0.2) is 9.78 Å². The van der Waals surface area contributed by atoms with E-state index in [9.17, 15) is 4.79 Å². The lowest BCUT2D eigenvalue weighted by molar-refractivity contribution is 0.0545. The fraction of sp³-hybridized carbons (Fsp3) is 0.625. The summed E-state index contributed by atoms with van der Waals surface area (Å²) in [5.74, 6) is 0.724. The van der Waals surface area contributed by atoms with E-state index < -0.39 is 0 Å². The first kappa shape index (κ1) is 15.8. The van der Waals surface area contributed by atoms with Gasteiger partial charge in [0.05, 0.1) is 13.2 Å². The first-order valence-corrected chi connectivity index (χ1v) is 7.45. The highest BCUT2D eigenvalue weighted by Gasteiger charge is 2.28. The Bertz CT molecular complexity index is 491. The fourth-order valence-corrected chi connectivity index (χ4v) is 2.33. The molecule has 1 aromatic rings. The average molecular weight is 291 g/mol. The minimum atomic E-state index is 0.00731. The summed E-state index contributed by atoms with van der Waals surface area (Å²) in [7, 11) is 0. The van der Waals surface area contributed by atoms with Crippen molar-refractivity contribution in [2.24, 2.45) is 5.41 Å². The molecule has 1 fully saturated rings. The molecule has 1 aromatic heterocycles. The Morgan fingerprint density at radius 3 is 2.57 bits per heavy atom.